The van der Waals surface area contributed by atoms with Gasteiger partial charge < -0.3 is 0 Å². The second-order valence-electron chi connectivity index (χ2n) is 1.16. The van der Waals surface area contributed by atoms with Crippen molar-refractivity contribution >= 4 is 0 Å². The van der Waals surface area contributed by atoms with Crippen LogP contribution in [0.1, 0.15) is 0 Å². The van der Waals surface area contributed by atoms with Crippen LogP contribution in [-0.4, -0.2) is 0 Å². The highest BCUT2D eigenvalue weighted by molar-refractivity contribution is 4.96. The Labute approximate surface area is 34.8 Å². The molecule has 1 aromatic carbocycles. The monoisotopic (exact) mass is 80.0 g/mol. The normalized spacial score (nSPS) is 9.33. The zero-order valence-corrected chi connectivity index (χ0v) is 3.15. The lowest BCUT2D eigenvalue weighted by Gasteiger charge is -1.78. The molecule has 0 saturated heterocycles. The highest BCUT2D eigenvalue weighted by Gasteiger charge is 1.80. The number of rotatable bonds is 0. The Balaban J connectivity index is 3.58. The quantitative estimate of drug-likeness (QED) is 0.423. The van der Waals surface area contributed by atoms with Gasteiger partial charge in [-0.05, 0) is 12.1 Å². The number of nitrogens with one attached hydrogen (secondary N) is 2. The van der Waals surface area contributed by atoms with E-state index in [4.69, 9.17) is 10.8 Å². The fourth-order valence-corrected chi connectivity index (χ4v) is 0.250. The van der Waals surface area contributed by atoms with Crippen LogP contribution in [0.15, 0.2) is 12.1 Å². The predicted molar refractivity (Wildman–Crippen MR) is 20.5 cm³/mol. The molecule has 2 N–H and O–H groups in total. The summed E-state index contributed by atoms with van der Waals surface area (Å²) in [6, 6.07) is 3.20. The molecule has 0 aliphatic rings. The first-order chi connectivity index (χ1) is 2.80. The van der Waals surface area contributed by atoms with Gasteiger partial charge in [-0.25, -0.2) is 0 Å². The molecule has 30 valence electrons. The van der Waals surface area contributed by atoms with Gasteiger partial charge in [0, 0.05) is 0 Å². The van der Waals surface area contributed by atoms with Crippen molar-refractivity contribution in [1.29, 1.82) is 10.8 Å². The summed E-state index contributed by atoms with van der Waals surface area (Å²) in [5, 5.41) is 14.1. The Morgan fingerprint density at radius 3 is 1.33 bits per heavy atom. The van der Waals surface area contributed by atoms with E-state index in [1.165, 1.54) is 0 Å². The zero-order chi connectivity index (χ0) is 4.57. The lowest BCUT2D eigenvalue weighted by molar-refractivity contribution is 1.10. The van der Waals surface area contributed by atoms with Crippen LogP contribution < -0.4 is 10.7 Å². The van der Waals surface area contributed by atoms with Gasteiger partial charge in [0.25, 0.3) is 0 Å². The molecule has 0 spiro atoms. The fraction of sp³-hybridized carbons (Fsp3) is 0. The Bertz CT molecular complexity index is 180. The second kappa shape index (κ2) is 0.772. The van der Waals surface area contributed by atoms with Gasteiger partial charge >= 0.3 is 0 Å². The SMILES string of the molecule is N=c1ccc1=N. The molecule has 0 aliphatic carbocycles. The van der Waals surface area contributed by atoms with Crippen molar-refractivity contribution < 1.29 is 0 Å². The summed E-state index contributed by atoms with van der Waals surface area (Å²) in [6.45, 7) is 0. The molecule has 0 fully saturated rings. The van der Waals surface area contributed by atoms with E-state index in [1.54, 1.807) is 12.1 Å². The average Bonchev–Trinajstić information content (AvgIpc) is 1.61. The van der Waals surface area contributed by atoms with Gasteiger partial charge in [0.15, 0.2) is 0 Å². The summed E-state index contributed by atoms with van der Waals surface area (Å²) in [7, 11) is 0. The number of hydrogen-bond donors (Lipinski definition) is 2. The van der Waals surface area contributed by atoms with E-state index in [1.807, 2.05) is 0 Å². The topological polar surface area (TPSA) is 47.7 Å². The van der Waals surface area contributed by atoms with Crippen molar-refractivity contribution in [3.63, 3.8) is 0 Å². The van der Waals surface area contributed by atoms with Gasteiger partial charge in [-0.3, -0.25) is 10.8 Å². The molecule has 0 aromatic heterocycles. The minimum Gasteiger partial charge on any atom is -0.299 e. The highest BCUT2D eigenvalue weighted by atomic mass is 14.4. The van der Waals surface area contributed by atoms with E-state index in [0.29, 0.717) is 10.7 Å². The summed E-state index contributed by atoms with van der Waals surface area (Å²) in [5.41, 5.74) is 0. The minimum atomic E-state index is 0.343. The molecule has 1 rings (SSSR count). The van der Waals surface area contributed by atoms with Crippen molar-refractivity contribution in [2.75, 3.05) is 0 Å². The largest absolute Gasteiger partial charge is 0.299 e. The summed E-state index contributed by atoms with van der Waals surface area (Å²) in [4.78, 5) is 0. The predicted octanol–water partition coefficient (Wildman–Crippen LogP) is -0.479. The third-order valence-electron chi connectivity index (χ3n) is 0.707. The van der Waals surface area contributed by atoms with Crippen molar-refractivity contribution in [2.45, 2.75) is 0 Å². The molecule has 0 bridgehead atoms. The molecule has 0 heterocycles. The first-order valence-electron chi connectivity index (χ1n) is 1.66. The molecule has 0 atom stereocenters. The van der Waals surface area contributed by atoms with Gasteiger partial charge in [-0.2, -0.15) is 0 Å². The van der Waals surface area contributed by atoms with Gasteiger partial charge in [-0.1, -0.05) is 0 Å². The van der Waals surface area contributed by atoms with E-state index in [9.17, 15) is 0 Å². The molecule has 0 amide bonds. The molecule has 0 radical (unpaired) electrons. The maximum atomic E-state index is 6.72. The van der Waals surface area contributed by atoms with Crippen molar-refractivity contribution in [2.24, 2.45) is 0 Å². The molecule has 6 heavy (non-hydrogen) atoms. The number of hydrogen-bond acceptors (Lipinski definition) is 2. The molecular weight excluding hydrogens is 76.1 g/mol. The summed E-state index contributed by atoms with van der Waals surface area (Å²) in [5.74, 6) is 0. The van der Waals surface area contributed by atoms with Crippen molar-refractivity contribution in [1.82, 2.24) is 0 Å². The lowest BCUT2D eigenvalue weighted by Crippen LogP contribution is -2.26. The third-order valence-corrected chi connectivity index (χ3v) is 0.707. The van der Waals surface area contributed by atoms with E-state index in [-0.39, 0.29) is 0 Å². The summed E-state index contributed by atoms with van der Waals surface area (Å²) < 4.78 is 0. The second-order valence-corrected chi connectivity index (χ2v) is 1.16. The molecule has 0 unspecified atom stereocenters. The summed E-state index contributed by atoms with van der Waals surface area (Å²) in [6.07, 6.45) is 0. The third kappa shape index (κ3) is 0.204. The Kier molecular flexibility index (Phi) is 0.422. The van der Waals surface area contributed by atoms with Crippen molar-refractivity contribution in [3.05, 3.63) is 22.8 Å². The maximum absolute atomic E-state index is 6.72. The van der Waals surface area contributed by atoms with Crippen LogP contribution in [0.3, 0.4) is 0 Å². The van der Waals surface area contributed by atoms with Crippen LogP contribution in [0.25, 0.3) is 0 Å². The Morgan fingerprint density at radius 1 is 1.00 bits per heavy atom. The van der Waals surface area contributed by atoms with E-state index >= 15 is 0 Å². The molecule has 0 saturated carbocycles. The standard InChI is InChI=1S/C4H4N2/c5-3-1-2-4(3)6/h1-2,5-6H. The molecule has 0 aliphatic heterocycles. The Hall–Kier alpha value is -0.920. The first-order valence-corrected chi connectivity index (χ1v) is 1.66. The van der Waals surface area contributed by atoms with E-state index < -0.39 is 0 Å². The van der Waals surface area contributed by atoms with E-state index in [2.05, 4.69) is 0 Å². The smallest absolute Gasteiger partial charge is 0.0790 e. The van der Waals surface area contributed by atoms with Crippen LogP contribution in [0.4, 0.5) is 0 Å². The van der Waals surface area contributed by atoms with Crippen LogP contribution in [-0.2, 0) is 0 Å². The Morgan fingerprint density at radius 2 is 1.33 bits per heavy atom. The summed E-state index contributed by atoms with van der Waals surface area (Å²) >= 11 is 0. The maximum Gasteiger partial charge on any atom is 0.0790 e. The highest BCUT2D eigenvalue weighted by Crippen LogP contribution is 1.54. The van der Waals surface area contributed by atoms with E-state index in [0.717, 1.165) is 0 Å². The van der Waals surface area contributed by atoms with Crippen LogP contribution >= 0.6 is 0 Å². The van der Waals surface area contributed by atoms with Crippen LogP contribution in [0.5, 0.6) is 0 Å². The van der Waals surface area contributed by atoms with Gasteiger partial charge in [-0.15, -0.1) is 0 Å². The molecular formula is C4H4N2. The van der Waals surface area contributed by atoms with Gasteiger partial charge in [0.2, 0.25) is 0 Å². The van der Waals surface area contributed by atoms with Crippen LogP contribution in [0, 0.1) is 10.8 Å². The zero-order valence-electron chi connectivity index (χ0n) is 3.15. The van der Waals surface area contributed by atoms with Gasteiger partial charge in [0.1, 0.15) is 0 Å². The van der Waals surface area contributed by atoms with Crippen molar-refractivity contribution in [3.8, 4) is 0 Å². The average molecular weight is 80.1 g/mol. The minimum absolute atomic E-state index is 0.343. The fourth-order valence-electron chi connectivity index (χ4n) is 0.250. The molecule has 1 aromatic rings. The molecule has 2 heteroatoms. The van der Waals surface area contributed by atoms with Gasteiger partial charge in [0.05, 0.1) is 10.7 Å². The van der Waals surface area contributed by atoms with Crippen LogP contribution in [0.2, 0.25) is 0 Å². The lowest BCUT2D eigenvalue weighted by atomic mass is 10.3. The first kappa shape index (κ1) is 3.28. The molecule has 2 nitrogen and oxygen atoms in total.